The van der Waals surface area contributed by atoms with E-state index in [4.69, 9.17) is 8.83 Å². The van der Waals surface area contributed by atoms with Crippen LogP contribution in [-0.2, 0) is 4.74 Å². The van der Waals surface area contributed by atoms with Crippen LogP contribution in [0.15, 0.2) is 33.8 Å². The van der Waals surface area contributed by atoms with Crippen LogP contribution in [0.1, 0.15) is 10.5 Å². The lowest BCUT2D eigenvalue weighted by Gasteiger charge is -1.95. The number of methoxy groups -OCH3 is 1. The number of nitrogens with zero attached hydrogens (tertiary/aromatic N) is 1. The summed E-state index contributed by atoms with van der Waals surface area (Å²) < 4.78 is 14.5. The molecular formula is C9H7NO4. The number of aromatic nitrogens is 1. The van der Waals surface area contributed by atoms with Crippen molar-refractivity contribution in [3.05, 3.63) is 30.7 Å². The molecule has 0 N–H and O–H groups in total. The minimum atomic E-state index is -0.532. The Hall–Kier alpha value is -2.04. The molecule has 0 aromatic carbocycles. The van der Waals surface area contributed by atoms with E-state index in [2.05, 4.69) is 9.72 Å². The summed E-state index contributed by atoms with van der Waals surface area (Å²) in [6, 6.07) is 1.67. The highest BCUT2D eigenvalue weighted by Gasteiger charge is 2.19. The molecule has 0 saturated heterocycles. The zero-order chi connectivity index (χ0) is 9.97. The Bertz CT molecular complexity index is 429. The summed E-state index contributed by atoms with van der Waals surface area (Å²) in [7, 11) is 1.29. The number of hydrogen-bond acceptors (Lipinski definition) is 5. The van der Waals surface area contributed by atoms with Crippen molar-refractivity contribution in [2.45, 2.75) is 0 Å². The van der Waals surface area contributed by atoms with E-state index in [1.165, 1.54) is 26.0 Å². The van der Waals surface area contributed by atoms with Crippen LogP contribution in [0.5, 0.6) is 0 Å². The van der Waals surface area contributed by atoms with Crippen molar-refractivity contribution in [2.24, 2.45) is 0 Å². The van der Waals surface area contributed by atoms with E-state index in [9.17, 15) is 4.79 Å². The van der Waals surface area contributed by atoms with Crippen molar-refractivity contribution in [1.29, 1.82) is 0 Å². The second-order valence-electron chi connectivity index (χ2n) is 2.53. The molecule has 0 atom stereocenters. The van der Waals surface area contributed by atoms with Gasteiger partial charge in [-0.05, 0) is 6.07 Å². The van der Waals surface area contributed by atoms with Gasteiger partial charge in [0.1, 0.15) is 6.26 Å². The summed E-state index contributed by atoms with van der Waals surface area (Å²) in [4.78, 5) is 15.0. The third kappa shape index (κ3) is 1.28. The van der Waals surface area contributed by atoms with Gasteiger partial charge in [0.2, 0.25) is 0 Å². The molecule has 2 aromatic heterocycles. The highest BCUT2D eigenvalue weighted by atomic mass is 16.5. The lowest BCUT2D eigenvalue weighted by molar-refractivity contribution is 0.0595. The van der Waals surface area contributed by atoms with Crippen LogP contribution in [0, 0.1) is 0 Å². The Labute approximate surface area is 79.3 Å². The summed E-state index contributed by atoms with van der Waals surface area (Å²) >= 11 is 0. The minimum Gasteiger partial charge on any atom is -0.472 e. The Kier molecular flexibility index (Phi) is 2.06. The van der Waals surface area contributed by atoms with Crippen LogP contribution < -0.4 is 0 Å². The van der Waals surface area contributed by atoms with E-state index < -0.39 is 5.97 Å². The van der Waals surface area contributed by atoms with Crippen LogP contribution in [-0.4, -0.2) is 18.1 Å². The number of ether oxygens (including phenoxy) is 1. The van der Waals surface area contributed by atoms with Gasteiger partial charge in [-0.1, -0.05) is 0 Å². The fourth-order valence-corrected chi connectivity index (χ4v) is 1.09. The van der Waals surface area contributed by atoms with Crippen LogP contribution >= 0.6 is 0 Å². The molecule has 0 bridgehead atoms. The Morgan fingerprint density at radius 1 is 1.57 bits per heavy atom. The Balaban J connectivity index is 2.45. The quantitative estimate of drug-likeness (QED) is 0.679. The van der Waals surface area contributed by atoms with E-state index in [1.807, 2.05) is 0 Å². The molecule has 2 rings (SSSR count). The van der Waals surface area contributed by atoms with Crippen molar-refractivity contribution in [1.82, 2.24) is 4.98 Å². The Morgan fingerprint density at radius 3 is 3.07 bits per heavy atom. The molecule has 0 amide bonds. The number of oxazole rings is 1. The van der Waals surface area contributed by atoms with Gasteiger partial charge in [0.25, 0.3) is 0 Å². The molecule has 5 heteroatoms. The second kappa shape index (κ2) is 3.37. The van der Waals surface area contributed by atoms with Crippen LogP contribution in [0.4, 0.5) is 0 Å². The first-order valence-electron chi connectivity index (χ1n) is 3.87. The molecule has 5 nitrogen and oxygen atoms in total. The zero-order valence-electron chi connectivity index (χ0n) is 7.39. The monoisotopic (exact) mass is 193 g/mol. The van der Waals surface area contributed by atoms with Crippen molar-refractivity contribution in [3.63, 3.8) is 0 Å². The third-order valence-corrected chi connectivity index (χ3v) is 1.73. The first-order valence-corrected chi connectivity index (χ1v) is 3.87. The average Bonchev–Trinajstić information content (AvgIpc) is 2.85. The Morgan fingerprint density at radius 2 is 2.43 bits per heavy atom. The molecule has 2 aromatic rings. The summed E-state index contributed by atoms with van der Waals surface area (Å²) in [5.74, 6) is -0.180. The van der Waals surface area contributed by atoms with E-state index in [0.717, 1.165) is 0 Å². The highest BCUT2D eigenvalue weighted by molar-refractivity contribution is 5.93. The minimum absolute atomic E-state index is 0.147. The molecule has 0 aliphatic carbocycles. The molecule has 14 heavy (non-hydrogen) atoms. The SMILES string of the molecule is COC(=O)c1ncoc1-c1ccoc1. The zero-order valence-corrected chi connectivity index (χ0v) is 7.39. The molecule has 0 unspecified atom stereocenters. The predicted octanol–water partition coefficient (Wildman–Crippen LogP) is 1.72. The largest absolute Gasteiger partial charge is 0.472 e. The average molecular weight is 193 g/mol. The number of furan rings is 1. The summed E-state index contributed by atoms with van der Waals surface area (Å²) in [5.41, 5.74) is 0.803. The first kappa shape index (κ1) is 8.55. The van der Waals surface area contributed by atoms with Gasteiger partial charge in [0, 0.05) is 0 Å². The van der Waals surface area contributed by atoms with Gasteiger partial charge < -0.3 is 13.6 Å². The molecule has 0 saturated carbocycles. The highest BCUT2D eigenvalue weighted by Crippen LogP contribution is 2.23. The van der Waals surface area contributed by atoms with E-state index in [0.29, 0.717) is 11.3 Å². The molecule has 0 spiro atoms. The normalized spacial score (nSPS) is 10.1. The maximum Gasteiger partial charge on any atom is 0.360 e. The molecule has 2 heterocycles. The van der Waals surface area contributed by atoms with Crippen LogP contribution in [0.3, 0.4) is 0 Å². The number of esters is 1. The van der Waals surface area contributed by atoms with Crippen molar-refractivity contribution >= 4 is 5.97 Å². The summed E-state index contributed by atoms with van der Waals surface area (Å²) in [6.45, 7) is 0. The maximum atomic E-state index is 11.2. The molecule has 0 radical (unpaired) electrons. The summed E-state index contributed by atoms with van der Waals surface area (Å²) in [5, 5.41) is 0. The molecule has 0 aliphatic rings. The lowest BCUT2D eigenvalue weighted by Crippen LogP contribution is -2.02. The maximum absolute atomic E-state index is 11.2. The van der Waals surface area contributed by atoms with E-state index in [-0.39, 0.29) is 5.69 Å². The topological polar surface area (TPSA) is 65.5 Å². The number of carbonyl (C=O) groups is 1. The second-order valence-corrected chi connectivity index (χ2v) is 2.53. The van der Waals surface area contributed by atoms with Crippen LogP contribution in [0.2, 0.25) is 0 Å². The number of rotatable bonds is 2. The molecular weight excluding hydrogens is 186 g/mol. The molecule has 72 valence electrons. The number of hydrogen-bond donors (Lipinski definition) is 0. The van der Waals surface area contributed by atoms with Crippen LogP contribution in [0.25, 0.3) is 11.3 Å². The smallest absolute Gasteiger partial charge is 0.360 e. The van der Waals surface area contributed by atoms with E-state index >= 15 is 0 Å². The van der Waals surface area contributed by atoms with E-state index in [1.54, 1.807) is 6.07 Å². The van der Waals surface area contributed by atoms with Crippen molar-refractivity contribution in [3.8, 4) is 11.3 Å². The first-order chi connectivity index (χ1) is 6.83. The number of carbonyl (C=O) groups excluding carboxylic acids is 1. The fourth-order valence-electron chi connectivity index (χ4n) is 1.09. The van der Waals surface area contributed by atoms with Crippen molar-refractivity contribution < 1.29 is 18.4 Å². The van der Waals surface area contributed by atoms with Gasteiger partial charge in [0.05, 0.1) is 18.9 Å². The van der Waals surface area contributed by atoms with Gasteiger partial charge in [-0.2, -0.15) is 0 Å². The van der Waals surface area contributed by atoms with Crippen molar-refractivity contribution in [2.75, 3.05) is 7.11 Å². The molecule has 0 aliphatic heterocycles. The summed E-state index contributed by atoms with van der Waals surface area (Å²) in [6.07, 6.45) is 4.14. The lowest BCUT2D eigenvalue weighted by atomic mass is 10.2. The van der Waals surface area contributed by atoms with Gasteiger partial charge in [0.15, 0.2) is 17.8 Å². The third-order valence-electron chi connectivity index (χ3n) is 1.73. The standard InChI is InChI=1S/C9H7NO4/c1-12-9(11)7-8(14-5-10-7)6-2-3-13-4-6/h2-5H,1H3. The van der Waals surface area contributed by atoms with Gasteiger partial charge in [-0.15, -0.1) is 0 Å². The predicted molar refractivity (Wildman–Crippen MR) is 45.5 cm³/mol. The van der Waals surface area contributed by atoms with Gasteiger partial charge in [-0.25, -0.2) is 9.78 Å². The van der Waals surface area contributed by atoms with Gasteiger partial charge >= 0.3 is 5.97 Å². The van der Waals surface area contributed by atoms with Gasteiger partial charge in [-0.3, -0.25) is 0 Å². The molecule has 0 fully saturated rings. The fraction of sp³-hybridized carbons (Fsp3) is 0.111.